The fourth-order valence-electron chi connectivity index (χ4n) is 2.41. The number of rotatable bonds is 5. The third-order valence-corrected chi connectivity index (χ3v) is 4.14. The van der Waals surface area contributed by atoms with Crippen molar-refractivity contribution in [3.8, 4) is 0 Å². The molecule has 0 unspecified atom stereocenters. The largest absolute Gasteiger partial charge is 0.326 e. The third kappa shape index (κ3) is 4.61. The van der Waals surface area contributed by atoms with Crippen molar-refractivity contribution >= 4 is 46.4 Å². The molecule has 0 spiro atoms. The van der Waals surface area contributed by atoms with Gasteiger partial charge in [-0.15, -0.1) is 0 Å². The molecular formula is C19H18ClN3O3. The van der Waals surface area contributed by atoms with E-state index in [0.29, 0.717) is 27.6 Å². The van der Waals surface area contributed by atoms with Crippen LogP contribution in [0.25, 0.3) is 0 Å². The zero-order valence-electron chi connectivity index (χ0n) is 14.1. The smallest absolute Gasteiger partial charge is 0.255 e. The Morgan fingerprint density at radius 2 is 1.62 bits per heavy atom. The van der Waals surface area contributed by atoms with E-state index in [9.17, 15) is 14.4 Å². The molecule has 3 rings (SSSR count). The first kappa shape index (κ1) is 17.9. The zero-order chi connectivity index (χ0) is 18.7. The molecule has 1 fully saturated rings. The highest BCUT2D eigenvalue weighted by molar-refractivity contribution is 6.31. The number of hydrogen-bond acceptors (Lipinski definition) is 3. The lowest BCUT2D eigenvalue weighted by Gasteiger charge is -2.12. The molecule has 2 aromatic rings. The molecule has 0 radical (unpaired) electrons. The molecule has 0 bridgehead atoms. The monoisotopic (exact) mass is 371 g/mol. The Balaban J connectivity index is 1.70. The number of carbonyl (C=O) groups excluding carboxylic acids is 3. The summed E-state index contributed by atoms with van der Waals surface area (Å²) in [6.07, 6.45) is 1.87. The van der Waals surface area contributed by atoms with Crippen molar-refractivity contribution in [3.05, 3.63) is 53.1 Å². The SMILES string of the molecule is CC(=O)Nc1ccc(Cl)cc1NC(=O)c1ccc(NC(=O)C2CC2)cc1. The van der Waals surface area contributed by atoms with Crippen molar-refractivity contribution in [2.45, 2.75) is 19.8 Å². The Morgan fingerprint density at radius 3 is 2.23 bits per heavy atom. The highest BCUT2D eigenvalue weighted by Crippen LogP contribution is 2.30. The summed E-state index contributed by atoms with van der Waals surface area (Å²) in [5.41, 5.74) is 1.94. The van der Waals surface area contributed by atoms with Crippen molar-refractivity contribution in [2.75, 3.05) is 16.0 Å². The van der Waals surface area contributed by atoms with E-state index in [2.05, 4.69) is 16.0 Å². The minimum absolute atomic E-state index is 0.0149. The molecule has 0 aliphatic heterocycles. The number of nitrogens with one attached hydrogen (secondary N) is 3. The van der Waals surface area contributed by atoms with Crippen LogP contribution in [0, 0.1) is 5.92 Å². The number of amides is 3. The van der Waals surface area contributed by atoms with Crippen LogP contribution in [-0.4, -0.2) is 17.7 Å². The first-order valence-electron chi connectivity index (χ1n) is 8.22. The van der Waals surface area contributed by atoms with Gasteiger partial charge in [0.25, 0.3) is 5.91 Å². The molecule has 0 aromatic heterocycles. The molecule has 134 valence electrons. The molecule has 7 heteroatoms. The first-order chi connectivity index (χ1) is 12.4. The van der Waals surface area contributed by atoms with Crippen molar-refractivity contribution in [1.82, 2.24) is 0 Å². The van der Waals surface area contributed by atoms with Crippen LogP contribution in [0.2, 0.25) is 5.02 Å². The van der Waals surface area contributed by atoms with Gasteiger partial charge in [0.1, 0.15) is 0 Å². The topological polar surface area (TPSA) is 87.3 Å². The predicted molar refractivity (Wildman–Crippen MR) is 102 cm³/mol. The number of carbonyl (C=O) groups is 3. The van der Waals surface area contributed by atoms with Crippen LogP contribution in [0.3, 0.4) is 0 Å². The fraction of sp³-hybridized carbons (Fsp3) is 0.211. The minimum Gasteiger partial charge on any atom is -0.326 e. The Labute approximate surface area is 155 Å². The molecule has 0 heterocycles. The van der Waals surface area contributed by atoms with Crippen molar-refractivity contribution in [1.29, 1.82) is 0 Å². The van der Waals surface area contributed by atoms with Crippen LogP contribution in [0.5, 0.6) is 0 Å². The summed E-state index contributed by atoms with van der Waals surface area (Å²) in [4.78, 5) is 35.5. The first-order valence-corrected chi connectivity index (χ1v) is 8.59. The van der Waals surface area contributed by atoms with Gasteiger partial charge in [-0.25, -0.2) is 0 Å². The number of anilines is 3. The van der Waals surface area contributed by atoms with Gasteiger partial charge in [-0.2, -0.15) is 0 Å². The summed E-state index contributed by atoms with van der Waals surface area (Å²) in [5, 5.41) is 8.64. The van der Waals surface area contributed by atoms with Gasteiger partial charge in [-0.3, -0.25) is 14.4 Å². The molecule has 0 saturated heterocycles. The molecule has 2 aromatic carbocycles. The molecule has 6 nitrogen and oxygen atoms in total. The number of halogens is 1. The summed E-state index contributed by atoms with van der Waals surface area (Å²) < 4.78 is 0. The molecule has 1 aliphatic rings. The van der Waals surface area contributed by atoms with Crippen molar-refractivity contribution in [3.63, 3.8) is 0 Å². The zero-order valence-corrected chi connectivity index (χ0v) is 14.9. The van der Waals surface area contributed by atoms with Crippen LogP contribution in [0.1, 0.15) is 30.1 Å². The van der Waals surface area contributed by atoms with Gasteiger partial charge in [0.2, 0.25) is 11.8 Å². The summed E-state index contributed by atoms with van der Waals surface area (Å²) in [5.74, 6) is -0.466. The molecule has 0 atom stereocenters. The van der Waals surface area contributed by atoms with Gasteiger partial charge in [0.05, 0.1) is 11.4 Å². The normalized spacial score (nSPS) is 13.0. The van der Waals surface area contributed by atoms with E-state index in [4.69, 9.17) is 11.6 Å². The third-order valence-electron chi connectivity index (χ3n) is 3.90. The van der Waals surface area contributed by atoms with Gasteiger partial charge < -0.3 is 16.0 Å². The lowest BCUT2D eigenvalue weighted by Crippen LogP contribution is -2.16. The summed E-state index contributed by atoms with van der Waals surface area (Å²) >= 11 is 5.98. The highest BCUT2D eigenvalue weighted by Gasteiger charge is 2.29. The van der Waals surface area contributed by atoms with Gasteiger partial charge in [0, 0.05) is 29.1 Å². The van der Waals surface area contributed by atoms with Crippen LogP contribution in [0.15, 0.2) is 42.5 Å². The van der Waals surface area contributed by atoms with Gasteiger partial charge >= 0.3 is 0 Å². The average molecular weight is 372 g/mol. The second-order valence-corrected chi connectivity index (χ2v) is 6.60. The van der Waals surface area contributed by atoms with Crippen LogP contribution >= 0.6 is 11.6 Å². The van der Waals surface area contributed by atoms with Crippen LogP contribution < -0.4 is 16.0 Å². The van der Waals surface area contributed by atoms with E-state index in [1.807, 2.05) is 0 Å². The van der Waals surface area contributed by atoms with E-state index in [1.54, 1.807) is 42.5 Å². The quantitative estimate of drug-likeness (QED) is 0.744. The lowest BCUT2D eigenvalue weighted by atomic mass is 10.1. The minimum atomic E-state index is -0.348. The predicted octanol–water partition coefficient (Wildman–Crippen LogP) is 3.90. The second-order valence-electron chi connectivity index (χ2n) is 6.17. The summed E-state index contributed by atoms with van der Waals surface area (Å²) in [7, 11) is 0. The van der Waals surface area contributed by atoms with Gasteiger partial charge in [0.15, 0.2) is 0 Å². The summed E-state index contributed by atoms with van der Waals surface area (Å²) in [6, 6.07) is 11.4. The van der Waals surface area contributed by atoms with E-state index >= 15 is 0 Å². The maximum atomic E-state index is 12.5. The Morgan fingerprint density at radius 1 is 0.923 bits per heavy atom. The molecule has 3 N–H and O–H groups in total. The van der Waals surface area contributed by atoms with Crippen LogP contribution in [-0.2, 0) is 9.59 Å². The van der Waals surface area contributed by atoms with E-state index in [1.165, 1.54) is 6.92 Å². The average Bonchev–Trinajstić information content (AvgIpc) is 3.42. The van der Waals surface area contributed by atoms with E-state index in [0.717, 1.165) is 12.8 Å². The van der Waals surface area contributed by atoms with Gasteiger partial charge in [-0.1, -0.05) is 11.6 Å². The molecule has 1 aliphatic carbocycles. The van der Waals surface area contributed by atoms with E-state index < -0.39 is 0 Å². The Kier molecular flexibility index (Phi) is 5.23. The van der Waals surface area contributed by atoms with Crippen LogP contribution in [0.4, 0.5) is 17.1 Å². The highest BCUT2D eigenvalue weighted by atomic mass is 35.5. The van der Waals surface area contributed by atoms with E-state index in [-0.39, 0.29) is 23.6 Å². The maximum Gasteiger partial charge on any atom is 0.255 e. The molecule has 1 saturated carbocycles. The number of benzene rings is 2. The summed E-state index contributed by atoms with van der Waals surface area (Å²) in [6.45, 7) is 1.38. The molecular weight excluding hydrogens is 354 g/mol. The van der Waals surface area contributed by atoms with Crippen molar-refractivity contribution < 1.29 is 14.4 Å². The van der Waals surface area contributed by atoms with Crippen molar-refractivity contribution in [2.24, 2.45) is 5.92 Å². The lowest BCUT2D eigenvalue weighted by molar-refractivity contribution is -0.117. The number of hydrogen-bond donors (Lipinski definition) is 3. The second kappa shape index (κ2) is 7.58. The Hall–Kier alpha value is -2.86. The molecule has 26 heavy (non-hydrogen) atoms. The maximum absolute atomic E-state index is 12.5. The standard InChI is InChI=1S/C19H18ClN3O3/c1-11(24)21-16-9-6-14(20)10-17(16)23-19(26)13-4-7-15(8-5-13)22-18(25)12-2-3-12/h4-10,12H,2-3H2,1H3,(H,21,24)(H,22,25)(H,23,26). The molecule has 3 amide bonds. The van der Waals surface area contributed by atoms with Gasteiger partial charge in [-0.05, 0) is 55.3 Å². The Bertz CT molecular complexity index is 861. The fourth-order valence-corrected chi connectivity index (χ4v) is 2.58.